The molecule has 2 amide bonds. The Morgan fingerprint density at radius 3 is 2.15 bits per heavy atom. The van der Waals surface area contributed by atoms with Crippen molar-refractivity contribution in [3.05, 3.63) is 58.8 Å². The molecule has 1 atom stereocenters. The maximum atomic E-state index is 13.1. The third-order valence-corrected chi connectivity index (χ3v) is 5.85. The van der Waals surface area contributed by atoms with Crippen molar-refractivity contribution < 1.29 is 18.9 Å². The number of nitrogens with zero attached hydrogens (tertiary/aromatic N) is 2. The SMILES string of the molecule is O=C1C[C@@H]([NH+]2CCN(c3ccc(F)cc3)CC2)C(=O)N1c1ccc(Br)cc1. The van der Waals surface area contributed by atoms with Crippen LogP contribution in [0.1, 0.15) is 6.42 Å². The van der Waals surface area contributed by atoms with Crippen molar-refractivity contribution >= 4 is 39.1 Å². The average molecular weight is 433 g/mol. The van der Waals surface area contributed by atoms with Crippen LogP contribution in [0.4, 0.5) is 15.8 Å². The number of piperazine rings is 1. The van der Waals surface area contributed by atoms with E-state index in [-0.39, 0.29) is 30.1 Å². The molecule has 0 aliphatic carbocycles. The van der Waals surface area contributed by atoms with Gasteiger partial charge in [-0.1, -0.05) is 15.9 Å². The van der Waals surface area contributed by atoms with Gasteiger partial charge in [-0.25, -0.2) is 9.29 Å². The van der Waals surface area contributed by atoms with E-state index < -0.39 is 0 Å². The van der Waals surface area contributed by atoms with Gasteiger partial charge in [-0.05, 0) is 48.5 Å². The first-order valence-corrected chi connectivity index (χ1v) is 9.80. The number of hydrogen-bond acceptors (Lipinski definition) is 3. The van der Waals surface area contributed by atoms with Gasteiger partial charge in [-0.3, -0.25) is 9.59 Å². The minimum atomic E-state index is -0.323. The van der Waals surface area contributed by atoms with Gasteiger partial charge < -0.3 is 9.80 Å². The molecule has 2 aromatic rings. The molecule has 2 aliphatic rings. The summed E-state index contributed by atoms with van der Waals surface area (Å²) in [4.78, 5) is 30.0. The Morgan fingerprint density at radius 2 is 1.52 bits per heavy atom. The van der Waals surface area contributed by atoms with E-state index in [4.69, 9.17) is 0 Å². The predicted octanol–water partition coefficient (Wildman–Crippen LogP) is 1.63. The number of anilines is 2. The fraction of sp³-hybridized carbons (Fsp3) is 0.300. The van der Waals surface area contributed by atoms with Crippen LogP contribution in [0.15, 0.2) is 53.0 Å². The third-order valence-electron chi connectivity index (χ3n) is 5.32. The highest BCUT2D eigenvalue weighted by Gasteiger charge is 2.46. The fourth-order valence-electron chi connectivity index (χ4n) is 3.86. The molecule has 0 radical (unpaired) electrons. The lowest BCUT2D eigenvalue weighted by Crippen LogP contribution is -3.19. The van der Waals surface area contributed by atoms with Crippen LogP contribution in [0, 0.1) is 5.82 Å². The molecular formula is C20H20BrFN3O2+. The smallest absolute Gasteiger partial charge is 0.292 e. The second-order valence-electron chi connectivity index (χ2n) is 6.92. The Bertz CT molecular complexity index is 849. The topological polar surface area (TPSA) is 45.1 Å². The number of rotatable bonds is 3. The Hall–Kier alpha value is -2.25. The Balaban J connectivity index is 1.43. The Kier molecular flexibility index (Phi) is 4.97. The lowest BCUT2D eigenvalue weighted by atomic mass is 10.1. The molecule has 0 spiro atoms. The monoisotopic (exact) mass is 432 g/mol. The number of amides is 2. The van der Waals surface area contributed by atoms with Crippen molar-refractivity contribution in [1.29, 1.82) is 0 Å². The molecule has 4 rings (SSSR count). The Labute approximate surface area is 165 Å². The summed E-state index contributed by atoms with van der Waals surface area (Å²) >= 11 is 3.37. The highest BCUT2D eigenvalue weighted by atomic mass is 79.9. The zero-order valence-electron chi connectivity index (χ0n) is 14.7. The standard InChI is InChI=1S/C20H19BrFN3O2/c21-14-1-5-17(6-2-14)25-19(26)13-18(20(25)27)24-11-9-23(10-12-24)16-7-3-15(22)4-8-16/h1-8,18H,9-13H2/p+1/t18-/m1/s1. The van der Waals surface area contributed by atoms with E-state index in [1.165, 1.54) is 17.0 Å². The molecule has 5 nitrogen and oxygen atoms in total. The zero-order chi connectivity index (χ0) is 19.0. The van der Waals surface area contributed by atoms with Crippen molar-refractivity contribution in [2.75, 3.05) is 36.0 Å². The summed E-state index contributed by atoms with van der Waals surface area (Å²) < 4.78 is 14.0. The maximum absolute atomic E-state index is 13.1. The zero-order valence-corrected chi connectivity index (χ0v) is 16.3. The summed E-state index contributed by atoms with van der Waals surface area (Å²) in [5.41, 5.74) is 1.61. The van der Waals surface area contributed by atoms with Crippen LogP contribution in [0.5, 0.6) is 0 Å². The molecule has 2 aromatic carbocycles. The molecule has 2 fully saturated rings. The molecule has 2 saturated heterocycles. The first-order valence-electron chi connectivity index (χ1n) is 9.00. The van der Waals surface area contributed by atoms with Crippen molar-refractivity contribution in [2.45, 2.75) is 12.5 Å². The first-order chi connectivity index (χ1) is 13.0. The lowest BCUT2D eigenvalue weighted by Gasteiger charge is -2.35. The summed E-state index contributed by atoms with van der Waals surface area (Å²) in [6, 6.07) is 13.4. The molecule has 7 heteroatoms. The first kappa shape index (κ1) is 18.1. The fourth-order valence-corrected chi connectivity index (χ4v) is 4.13. The average Bonchev–Trinajstić information content (AvgIpc) is 2.98. The van der Waals surface area contributed by atoms with E-state index in [0.29, 0.717) is 5.69 Å². The van der Waals surface area contributed by atoms with E-state index in [1.54, 1.807) is 24.3 Å². The molecule has 0 unspecified atom stereocenters. The highest BCUT2D eigenvalue weighted by molar-refractivity contribution is 9.10. The molecule has 0 saturated carbocycles. The predicted molar refractivity (Wildman–Crippen MR) is 104 cm³/mol. The van der Waals surface area contributed by atoms with Crippen molar-refractivity contribution in [1.82, 2.24) is 0 Å². The summed E-state index contributed by atoms with van der Waals surface area (Å²) in [6.07, 6.45) is 0.251. The van der Waals surface area contributed by atoms with Gasteiger partial charge >= 0.3 is 0 Å². The van der Waals surface area contributed by atoms with Gasteiger partial charge in [-0.2, -0.15) is 0 Å². The summed E-state index contributed by atoms with van der Waals surface area (Å²) in [7, 11) is 0. The number of halogens is 2. The number of carbonyl (C=O) groups is 2. The van der Waals surface area contributed by atoms with E-state index >= 15 is 0 Å². The van der Waals surface area contributed by atoms with Crippen LogP contribution in [0.2, 0.25) is 0 Å². The summed E-state index contributed by atoms with van der Waals surface area (Å²) in [6.45, 7) is 3.10. The quantitative estimate of drug-likeness (QED) is 0.749. The van der Waals surface area contributed by atoms with Crippen LogP contribution >= 0.6 is 15.9 Å². The van der Waals surface area contributed by atoms with Crippen molar-refractivity contribution in [3.63, 3.8) is 0 Å². The molecule has 2 heterocycles. The van der Waals surface area contributed by atoms with Gasteiger partial charge in [-0.15, -0.1) is 0 Å². The number of nitrogens with one attached hydrogen (secondary N) is 1. The maximum Gasteiger partial charge on any atom is 0.292 e. The van der Waals surface area contributed by atoms with Gasteiger partial charge in [0.25, 0.3) is 5.91 Å². The minimum absolute atomic E-state index is 0.118. The number of hydrogen-bond donors (Lipinski definition) is 1. The molecule has 1 N–H and O–H groups in total. The van der Waals surface area contributed by atoms with Gasteiger partial charge in [0, 0.05) is 10.2 Å². The number of quaternary nitrogens is 1. The van der Waals surface area contributed by atoms with Crippen LogP contribution in [-0.2, 0) is 9.59 Å². The van der Waals surface area contributed by atoms with Gasteiger partial charge in [0.1, 0.15) is 5.82 Å². The molecule has 140 valence electrons. The molecule has 0 bridgehead atoms. The second-order valence-corrected chi connectivity index (χ2v) is 7.84. The molecule has 2 aliphatic heterocycles. The van der Waals surface area contributed by atoms with Crippen molar-refractivity contribution in [3.8, 4) is 0 Å². The van der Waals surface area contributed by atoms with E-state index in [9.17, 15) is 14.0 Å². The van der Waals surface area contributed by atoms with Gasteiger partial charge in [0.05, 0.1) is 38.3 Å². The number of imide groups is 1. The van der Waals surface area contributed by atoms with Crippen molar-refractivity contribution in [2.24, 2.45) is 0 Å². The van der Waals surface area contributed by atoms with Gasteiger partial charge in [0.2, 0.25) is 5.91 Å². The summed E-state index contributed by atoms with van der Waals surface area (Å²) in [5, 5.41) is 0. The number of carbonyl (C=O) groups excluding carboxylic acids is 2. The van der Waals surface area contributed by atoms with Crippen LogP contribution < -0.4 is 14.7 Å². The Morgan fingerprint density at radius 1 is 0.926 bits per heavy atom. The molecule has 27 heavy (non-hydrogen) atoms. The minimum Gasteiger partial charge on any atom is -0.360 e. The lowest BCUT2D eigenvalue weighted by molar-refractivity contribution is -0.915. The molecule has 0 aromatic heterocycles. The van der Waals surface area contributed by atoms with Gasteiger partial charge in [0.15, 0.2) is 6.04 Å². The summed E-state index contributed by atoms with van der Waals surface area (Å²) in [5.74, 6) is -0.501. The van der Waals surface area contributed by atoms with E-state index in [0.717, 1.165) is 41.2 Å². The van der Waals surface area contributed by atoms with E-state index in [2.05, 4.69) is 20.8 Å². The third kappa shape index (κ3) is 3.61. The second kappa shape index (κ2) is 7.40. The largest absolute Gasteiger partial charge is 0.360 e. The number of benzene rings is 2. The van der Waals surface area contributed by atoms with Crippen LogP contribution in [-0.4, -0.2) is 44.0 Å². The normalized spacial score (nSPS) is 21.2. The van der Waals surface area contributed by atoms with Crippen LogP contribution in [0.3, 0.4) is 0 Å². The van der Waals surface area contributed by atoms with E-state index in [1.807, 2.05) is 12.1 Å². The van der Waals surface area contributed by atoms with Crippen LogP contribution in [0.25, 0.3) is 0 Å². The highest BCUT2D eigenvalue weighted by Crippen LogP contribution is 2.24. The molecular weight excluding hydrogens is 413 g/mol.